The summed E-state index contributed by atoms with van der Waals surface area (Å²) in [6, 6.07) is 0. The normalized spacial score (nSPS) is 17.0. The fourth-order valence-corrected chi connectivity index (χ4v) is 0.652. The molecule has 0 fully saturated rings. The number of rotatable bonds is 5. The van der Waals surface area contributed by atoms with Crippen molar-refractivity contribution in [2.24, 2.45) is 0 Å². The van der Waals surface area contributed by atoms with Crippen molar-refractivity contribution >= 4 is 11.9 Å². The average Bonchev–Trinajstić information content (AvgIpc) is 2.12. The summed E-state index contributed by atoms with van der Waals surface area (Å²) in [4.78, 5) is 19.9. The Morgan fingerprint density at radius 1 is 0.750 bits per heavy atom. The zero-order valence-corrected chi connectivity index (χ0v) is 15.0. The predicted molar refractivity (Wildman–Crippen MR) is 34.0 cm³/mol. The molecule has 0 saturated carbocycles. The first kappa shape index (κ1) is 23.2. The van der Waals surface area contributed by atoms with E-state index in [0.29, 0.717) is 0 Å². The van der Waals surface area contributed by atoms with Crippen LogP contribution in [0.2, 0.25) is 0 Å². The van der Waals surface area contributed by atoms with E-state index in [1.165, 1.54) is 0 Å². The molecular formula is C6H8K2O8. The van der Waals surface area contributed by atoms with E-state index in [0.717, 1.165) is 0 Å². The summed E-state index contributed by atoms with van der Waals surface area (Å²) in [6.07, 6.45) is -9.76. The van der Waals surface area contributed by atoms with Gasteiger partial charge >= 0.3 is 103 Å². The van der Waals surface area contributed by atoms with Crippen molar-refractivity contribution in [1.29, 1.82) is 0 Å². The second-order valence-corrected chi connectivity index (χ2v) is 2.51. The van der Waals surface area contributed by atoms with Crippen LogP contribution in [0.5, 0.6) is 0 Å². The van der Waals surface area contributed by atoms with Crippen molar-refractivity contribution in [3.8, 4) is 0 Å². The largest absolute Gasteiger partial charge is 1.00 e. The first-order valence-corrected chi connectivity index (χ1v) is 3.43. The number of aliphatic hydroxyl groups is 4. The Labute approximate surface area is 175 Å². The van der Waals surface area contributed by atoms with Crippen molar-refractivity contribution in [3.05, 3.63) is 0 Å². The summed E-state index contributed by atoms with van der Waals surface area (Å²) in [7, 11) is 0. The maximum atomic E-state index is 9.96. The van der Waals surface area contributed by atoms with Crippen molar-refractivity contribution in [1.82, 2.24) is 0 Å². The minimum atomic E-state index is -2.50. The van der Waals surface area contributed by atoms with E-state index in [1.807, 2.05) is 0 Å². The molecule has 0 aromatic rings. The summed E-state index contributed by atoms with van der Waals surface area (Å²) < 4.78 is 0. The smallest absolute Gasteiger partial charge is 0.547 e. The Kier molecular flexibility index (Phi) is 15.8. The van der Waals surface area contributed by atoms with Crippen LogP contribution in [0.25, 0.3) is 0 Å². The Morgan fingerprint density at radius 2 is 0.938 bits per heavy atom. The van der Waals surface area contributed by atoms with Crippen LogP contribution in [0.1, 0.15) is 0 Å². The first-order valence-electron chi connectivity index (χ1n) is 3.43. The SMILES string of the molecule is O=C([O-])[C@@H](O)[C@H](O)[C@@H](O)[C@@H](O)C(=O)[O-].[K+].[K+]. The zero-order chi connectivity index (χ0) is 11.5. The summed E-state index contributed by atoms with van der Waals surface area (Å²) >= 11 is 0. The molecule has 0 amide bonds. The van der Waals surface area contributed by atoms with Gasteiger partial charge < -0.3 is 40.2 Å². The van der Waals surface area contributed by atoms with Crippen LogP contribution in [0.15, 0.2) is 0 Å². The van der Waals surface area contributed by atoms with Gasteiger partial charge in [-0.2, -0.15) is 0 Å². The second kappa shape index (κ2) is 10.9. The third-order valence-electron chi connectivity index (χ3n) is 1.48. The molecule has 4 atom stereocenters. The van der Waals surface area contributed by atoms with E-state index in [9.17, 15) is 19.8 Å². The third-order valence-corrected chi connectivity index (χ3v) is 1.48. The van der Waals surface area contributed by atoms with E-state index in [1.54, 1.807) is 0 Å². The molecule has 10 heteroatoms. The van der Waals surface area contributed by atoms with Crippen LogP contribution in [-0.2, 0) is 9.59 Å². The van der Waals surface area contributed by atoms with Crippen LogP contribution in [0, 0.1) is 0 Å². The number of carbonyl (C=O) groups excluding carboxylic acids is 2. The molecule has 0 bridgehead atoms. The number of aliphatic hydroxyl groups excluding tert-OH is 4. The van der Waals surface area contributed by atoms with Gasteiger partial charge in [-0.3, -0.25) is 0 Å². The number of carboxylic acids is 2. The van der Waals surface area contributed by atoms with E-state index in [4.69, 9.17) is 20.4 Å². The van der Waals surface area contributed by atoms with E-state index in [2.05, 4.69) is 0 Å². The van der Waals surface area contributed by atoms with Gasteiger partial charge in [0.1, 0.15) is 24.4 Å². The maximum Gasteiger partial charge on any atom is 1.00 e. The molecule has 0 aliphatic carbocycles. The number of carbonyl (C=O) groups is 2. The van der Waals surface area contributed by atoms with E-state index >= 15 is 0 Å². The second-order valence-electron chi connectivity index (χ2n) is 2.51. The molecular weight excluding hydrogens is 278 g/mol. The fourth-order valence-electron chi connectivity index (χ4n) is 0.652. The first-order chi connectivity index (χ1) is 6.29. The summed E-state index contributed by atoms with van der Waals surface area (Å²) in [6.45, 7) is 0. The topological polar surface area (TPSA) is 161 Å². The molecule has 0 spiro atoms. The molecule has 82 valence electrons. The van der Waals surface area contributed by atoms with Gasteiger partial charge in [0.2, 0.25) is 0 Å². The Hall–Kier alpha value is 2.05. The molecule has 0 aliphatic heterocycles. The fraction of sp³-hybridized carbons (Fsp3) is 0.667. The average molecular weight is 286 g/mol. The summed E-state index contributed by atoms with van der Waals surface area (Å²) in [5.74, 6) is -4.22. The molecule has 0 heterocycles. The zero-order valence-electron chi connectivity index (χ0n) is 8.73. The van der Waals surface area contributed by atoms with Crippen molar-refractivity contribution in [2.75, 3.05) is 0 Å². The molecule has 0 aromatic heterocycles. The van der Waals surface area contributed by atoms with Crippen LogP contribution >= 0.6 is 0 Å². The van der Waals surface area contributed by atoms with Gasteiger partial charge in [0.05, 0.1) is 11.9 Å². The van der Waals surface area contributed by atoms with Gasteiger partial charge in [0.15, 0.2) is 0 Å². The van der Waals surface area contributed by atoms with E-state index < -0.39 is 36.4 Å². The van der Waals surface area contributed by atoms with Crippen LogP contribution in [0.4, 0.5) is 0 Å². The predicted octanol–water partition coefficient (Wildman–Crippen LogP) is -12.1. The minimum Gasteiger partial charge on any atom is -0.547 e. The van der Waals surface area contributed by atoms with Gasteiger partial charge in [-0.1, -0.05) is 0 Å². The van der Waals surface area contributed by atoms with Gasteiger partial charge in [-0.15, -0.1) is 0 Å². The van der Waals surface area contributed by atoms with Gasteiger partial charge in [0, 0.05) is 0 Å². The number of aliphatic carboxylic acids is 2. The monoisotopic (exact) mass is 286 g/mol. The van der Waals surface area contributed by atoms with Crippen LogP contribution < -0.4 is 113 Å². The Morgan fingerprint density at radius 3 is 1.06 bits per heavy atom. The standard InChI is InChI=1S/C6H10O8.2K/c7-1(3(9)5(11)12)2(8)4(10)6(13)14;;/h1-4,7-10H,(H,11,12)(H,13,14);;/q;2*+1/p-2/t1-,2-,3-,4+;;/m1../s1. The Bertz CT molecular complexity index is 211. The molecule has 0 unspecified atom stereocenters. The molecule has 0 radical (unpaired) electrons. The summed E-state index contributed by atoms with van der Waals surface area (Å²) in [5.41, 5.74) is 0. The third kappa shape index (κ3) is 7.48. The molecule has 0 aromatic carbocycles. The number of carboxylic acid groups (broad SMARTS) is 2. The van der Waals surface area contributed by atoms with Crippen molar-refractivity contribution < 1.29 is 143 Å². The van der Waals surface area contributed by atoms with Crippen LogP contribution in [-0.4, -0.2) is 56.8 Å². The quantitative estimate of drug-likeness (QED) is 0.362. The molecule has 16 heavy (non-hydrogen) atoms. The maximum absolute atomic E-state index is 9.96. The number of hydrogen-bond donors (Lipinski definition) is 4. The van der Waals surface area contributed by atoms with E-state index in [-0.39, 0.29) is 103 Å². The Balaban J connectivity index is -0.000000845. The van der Waals surface area contributed by atoms with Crippen molar-refractivity contribution in [2.45, 2.75) is 24.4 Å². The van der Waals surface area contributed by atoms with Gasteiger partial charge in [0.25, 0.3) is 0 Å². The minimum absolute atomic E-state index is 0. The van der Waals surface area contributed by atoms with Gasteiger partial charge in [-0.25, -0.2) is 0 Å². The van der Waals surface area contributed by atoms with Crippen molar-refractivity contribution in [3.63, 3.8) is 0 Å². The molecule has 4 N–H and O–H groups in total. The summed E-state index contributed by atoms with van der Waals surface area (Å²) in [5, 5.41) is 54.7. The van der Waals surface area contributed by atoms with Gasteiger partial charge in [-0.05, 0) is 0 Å². The molecule has 0 aliphatic rings. The molecule has 0 saturated heterocycles. The van der Waals surface area contributed by atoms with Crippen LogP contribution in [0.3, 0.4) is 0 Å². The molecule has 0 rings (SSSR count). The number of hydrogen-bond acceptors (Lipinski definition) is 8. The molecule has 8 nitrogen and oxygen atoms in total.